The first-order valence-corrected chi connectivity index (χ1v) is 8.09. The van der Waals surface area contributed by atoms with Gasteiger partial charge in [-0.05, 0) is 38.5 Å². The number of rotatable bonds is 5. The van der Waals surface area contributed by atoms with Gasteiger partial charge in [0.1, 0.15) is 11.6 Å². The van der Waals surface area contributed by atoms with Gasteiger partial charge in [0, 0.05) is 23.2 Å². The van der Waals surface area contributed by atoms with Gasteiger partial charge in [-0.25, -0.2) is 8.78 Å². The fourth-order valence-corrected chi connectivity index (χ4v) is 3.29. The summed E-state index contributed by atoms with van der Waals surface area (Å²) < 4.78 is 26.9. The molecule has 0 aliphatic carbocycles. The monoisotopic (exact) mass is 323 g/mol. The van der Waals surface area contributed by atoms with Gasteiger partial charge in [0.05, 0.1) is 10.6 Å². The van der Waals surface area contributed by atoms with E-state index in [-0.39, 0.29) is 5.56 Å². The molecule has 1 aromatic rings. The molecular weight excluding hydrogens is 304 g/mol. The van der Waals surface area contributed by atoms with Crippen LogP contribution in [0.3, 0.4) is 0 Å². The standard InChI is InChI=1S/C17H19F2NOS/c1-4-5-8-20-11(2)12(3)22-17(20)10-16(21)14-9-13(18)6-7-15(14)19/h6-7,9-10H,4-5,8H2,1-3H3. The highest BCUT2D eigenvalue weighted by atomic mass is 32.2. The van der Waals surface area contributed by atoms with E-state index in [1.54, 1.807) is 0 Å². The van der Waals surface area contributed by atoms with Crippen LogP contribution in [-0.2, 0) is 0 Å². The zero-order valence-corrected chi connectivity index (χ0v) is 13.8. The molecule has 2 nitrogen and oxygen atoms in total. The Labute approximate surface area is 133 Å². The van der Waals surface area contributed by atoms with Crippen molar-refractivity contribution in [3.05, 3.63) is 57.1 Å². The molecule has 0 amide bonds. The second kappa shape index (κ2) is 7.09. The Morgan fingerprint density at radius 1 is 1.32 bits per heavy atom. The molecule has 0 N–H and O–H groups in total. The largest absolute Gasteiger partial charge is 0.339 e. The summed E-state index contributed by atoms with van der Waals surface area (Å²) in [4.78, 5) is 15.5. The van der Waals surface area contributed by atoms with Gasteiger partial charge in [-0.3, -0.25) is 4.79 Å². The maximum absolute atomic E-state index is 13.7. The number of carbonyl (C=O) groups is 1. The second-order valence-electron chi connectivity index (χ2n) is 5.22. The smallest absolute Gasteiger partial charge is 0.191 e. The van der Waals surface area contributed by atoms with E-state index in [0.29, 0.717) is 0 Å². The Bertz CT molecular complexity index is 652. The Morgan fingerprint density at radius 2 is 2.05 bits per heavy atom. The van der Waals surface area contributed by atoms with Crippen LogP contribution in [0.2, 0.25) is 0 Å². The molecule has 0 saturated carbocycles. The molecular formula is C17H19F2NOS. The van der Waals surface area contributed by atoms with E-state index in [0.717, 1.165) is 53.2 Å². The van der Waals surface area contributed by atoms with Crippen molar-refractivity contribution in [2.75, 3.05) is 6.54 Å². The molecule has 0 atom stereocenters. The highest BCUT2D eigenvalue weighted by Gasteiger charge is 2.23. The van der Waals surface area contributed by atoms with Gasteiger partial charge >= 0.3 is 0 Å². The van der Waals surface area contributed by atoms with Crippen LogP contribution in [0.25, 0.3) is 0 Å². The van der Waals surface area contributed by atoms with Gasteiger partial charge in [0.2, 0.25) is 0 Å². The molecule has 22 heavy (non-hydrogen) atoms. The Balaban J connectivity index is 2.27. The lowest BCUT2D eigenvalue weighted by atomic mass is 10.1. The van der Waals surface area contributed by atoms with Crippen LogP contribution in [0.1, 0.15) is 44.0 Å². The molecule has 118 valence electrons. The van der Waals surface area contributed by atoms with Crippen molar-refractivity contribution in [2.45, 2.75) is 33.6 Å². The van der Waals surface area contributed by atoms with Crippen LogP contribution in [-0.4, -0.2) is 17.2 Å². The summed E-state index contributed by atoms with van der Waals surface area (Å²) in [6, 6.07) is 2.93. The predicted molar refractivity (Wildman–Crippen MR) is 86.4 cm³/mol. The van der Waals surface area contributed by atoms with E-state index in [9.17, 15) is 13.6 Å². The van der Waals surface area contributed by atoms with Crippen molar-refractivity contribution in [1.29, 1.82) is 0 Å². The van der Waals surface area contributed by atoms with Crippen LogP contribution in [0, 0.1) is 11.6 Å². The third-order valence-electron chi connectivity index (χ3n) is 3.62. The van der Waals surface area contributed by atoms with Crippen molar-refractivity contribution < 1.29 is 13.6 Å². The van der Waals surface area contributed by atoms with E-state index >= 15 is 0 Å². The minimum absolute atomic E-state index is 0.231. The van der Waals surface area contributed by atoms with Gasteiger partial charge in [-0.15, -0.1) is 0 Å². The third kappa shape index (κ3) is 3.58. The molecule has 1 aliphatic rings. The molecule has 1 heterocycles. The predicted octanol–water partition coefficient (Wildman–Crippen LogP) is 5.09. The van der Waals surface area contributed by atoms with Crippen LogP contribution >= 0.6 is 11.8 Å². The number of allylic oxidation sites excluding steroid dienone is 3. The average Bonchev–Trinajstić information content (AvgIpc) is 2.74. The minimum atomic E-state index is -0.701. The molecule has 0 unspecified atom stereocenters. The van der Waals surface area contributed by atoms with Gasteiger partial charge in [0.25, 0.3) is 0 Å². The summed E-state index contributed by atoms with van der Waals surface area (Å²) in [6.45, 7) is 6.92. The van der Waals surface area contributed by atoms with Crippen molar-refractivity contribution >= 4 is 17.5 Å². The van der Waals surface area contributed by atoms with E-state index in [2.05, 4.69) is 11.8 Å². The van der Waals surface area contributed by atoms with Crippen molar-refractivity contribution in [1.82, 2.24) is 4.90 Å². The van der Waals surface area contributed by atoms with E-state index < -0.39 is 17.4 Å². The van der Waals surface area contributed by atoms with Gasteiger partial charge in [0.15, 0.2) is 5.78 Å². The first kappa shape index (κ1) is 16.7. The fraction of sp³-hybridized carbons (Fsp3) is 0.353. The SMILES string of the molecule is CCCCN1C(=CC(=O)c2cc(F)ccc2F)SC(C)=C1C. The topological polar surface area (TPSA) is 20.3 Å². The molecule has 5 heteroatoms. The van der Waals surface area contributed by atoms with Crippen LogP contribution in [0.5, 0.6) is 0 Å². The minimum Gasteiger partial charge on any atom is -0.339 e. The Morgan fingerprint density at radius 3 is 2.73 bits per heavy atom. The van der Waals surface area contributed by atoms with E-state index in [1.807, 2.05) is 13.8 Å². The molecule has 0 bridgehead atoms. The molecule has 0 spiro atoms. The molecule has 1 aliphatic heterocycles. The van der Waals surface area contributed by atoms with Crippen LogP contribution in [0.15, 0.2) is 39.9 Å². The maximum atomic E-state index is 13.7. The fourth-order valence-electron chi connectivity index (χ4n) is 2.22. The van der Waals surface area contributed by atoms with Crippen LogP contribution in [0.4, 0.5) is 8.78 Å². The number of benzene rings is 1. The van der Waals surface area contributed by atoms with Gasteiger partial charge in [-0.2, -0.15) is 0 Å². The first-order chi connectivity index (χ1) is 10.4. The first-order valence-electron chi connectivity index (χ1n) is 7.28. The average molecular weight is 323 g/mol. The molecule has 2 rings (SSSR count). The summed E-state index contributed by atoms with van der Waals surface area (Å²) >= 11 is 1.49. The molecule has 0 aromatic heterocycles. The number of nitrogens with zero attached hydrogens (tertiary/aromatic N) is 1. The third-order valence-corrected chi connectivity index (χ3v) is 4.77. The quantitative estimate of drug-likeness (QED) is 0.556. The lowest BCUT2D eigenvalue weighted by Gasteiger charge is -2.21. The molecule has 0 radical (unpaired) electrons. The summed E-state index contributed by atoms with van der Waals surface area (Å²) in [5.41, 5.74) is 0.878. The lowest BCUT2D eigenvalue weighted by molar-refractivity contribution is 0.104. The van der Waals surface area contributed by atoms with Crippen molar-refractivity contribution in [2.24, 2.45) is 0 Å². The highest BCUT2D eigenvalue weighted by molar-refractivity contribution is 8.06. The Hall–Kier alpha value is -1.62. The number of carbonyl (C=O) groups excluding carboxylic acids is 1. The molecule has 0 fully saturated rings. The van der Waals surface area contributed by atoms with Crippen molar-refractivity contribution in [3.8, 4) is 0 Å². The second-order valence-corrected chi connectivity index (χ2v) is 6.45. The van der Waals surface area contributed by atoms with E-state index in [1.165, 1.54) is 17.8 Å². The van der Waals surface area contributed by atoms with Crippen molar-refractivity contribution in [3.63, 3.8) is 0 Å². The summed E-state index contributed by atoms with van der Waals surface area (Å²) in [7, 11) is 0. The number of unbranched alkanes of at least 4 members (excludes halogenated alkanes) is 1. The molecule has 1 aromatic carbocycles. The zero-order chi connectivity index (χ0) is 16.3. The summed E-state index contributed by atoms with van der Waals surface area (Å²) in [6.07, 6.45) is 3.45. The number of ketones is 1. The lowest BCUT2D eigenvalue weighted by Crippen LogP contribution is -2.18. The summed E-state index contributed by atoms with van der Waals surface area (Å²) in [5.74, 6) is -1.83. The highest BCUT2D eigenvalue weighted by Crippen LogP contribution is 2.40. The van der Waals surface area contributed by atoms with Gasteiger partial charge in [-0.1, -0.05) is 25.1 Å². The number of halogens is 2. The van der Waals surface area contributed by atoms with Crippen LogP contribution < -0.4 is 0 Å². The summed E-state index contributed by atoms with van der Waals surface area (Å²) in [5, 5.41) is 0.775. The van der Waals surface area contributed by atoms with E-state index in [4.69, 9.17) is 0 Å². The van der Waals surface area contributed by atoms with Gasteiger partial charge < -0.3 is 4.90 Å². The molecule has 0 saturated heterocycles. The maximum Gasteiger partial charge on any atom is 0.191 e. The number of hydrogen-bond acceptors (Lipinski definition) is 3. The Kier molecular flexibility index (Phi) is 5.40. The number of hydrogen-bond donors (Lipinski definition) is 0. The zero-order valence-electron chi connectivity index (χ0n) is 13.0. The number of thioether (sulfide) groups is 1. The normalized spacial score (nSPS) is 16.8.